The number of hydrogen-bond donors (Lipinski definition) is 1. The van der Waals surface area contributed by atoms with Gasteiger partial charge in [-0.1, -0.05) is 30.3 Å². The van der Waals surface area contributed by atoms with E-state index in [4.69, 9.17) is 4.74 Å². The van der Waals surface area contributed by atoms with Crippen molar-refractivity contribution in [1.29, 1.82) is 0 Å². The highest BCUT2D eigenvalue weighted by atomic mass is 16.5. The molecule has 6 heteroatoms. The second-order valence-electron chi connectivity index (χ2n) is 6.06. The van der Waals surface area contributed by atoms with Crippen LogP contribution in [-0.4, -0.2) is 29.1 Å². The van der Waals surface area contributed by atoms with Gasteiger partial charge in [0.2, 0.25) is 5.91 Å². The van der Waals surface area contributed by atoms with E-state index >= 15 is 0 Å². The highest BCUT2D eigenvalue weighted by Gasteiger charge is 2.09. The van der Waals surface area contributed by atoms with Crippen LogP contribution in [0.5, 0.6) is 5.75 Å². The molecule has 0 aliphatic carbocycles. The number of para-hydroxylation sites is 2. The Hall–Kier alpha value is -3.15. The quantitative estimate of drug-likeness (QED) is 0.738. The standard InChI is InChI=1S/C20H21N3O3/c1-14-6-5-8-16-19(14)22-13-23(20(16)25)12-18(24)21-11-10-15-7-3-4-9-17(15)26-2/h3-9,13H,10-12H2,1-2H3,(H,21,24). The molecular weight excluding hydrogens is 330 g/mol. The third-order valence-electron chi connectivity index (χ3n) is 4.28. The fourth-order valence-electron chi connectivity index (χ4n) is 2.91. The molecule has 0 aliphatic heterocycles. The van der Waals surface area contributed by atoms with Gasteiger partial charge in [-0.05, 0) is 36.6 Å². The lowest BCUT2D eigenvalue weighted by molar-refractivity contribution is -0.121. The zero-order valence-corrected chi connectivity index (χ0v) is 14.9. The first-order valence-corrected chi connectivity index (χ1v) is 8.43. The monoisotopic (exact) mass is 351 g/mol. The van der Waals surface area contributed by atoms with E-state index < -0.39 is 0 Å². The topological polar surface area (TPSA) is 73.2 Å². The molecule has 1 amide bonds. The van der Waals surface area contributed by atoms with E-state index in [1.165, 1.54) is 10.9 Å². The van der Waals surface area contributed by atoms with Crippen molar-refractivity contribution in [3.63, 3.8) is 0 Å². The van der Waals surface area contributed by atoms with Crippen LogP contribution in [0.15, 0.2) is 53.6 Å². The fraction of sp³-hybridized carbons (Fsp3) is 0.250. The lowest BCUT2D eigenvalue weighted by Gasteiger charge is -2.10. The number of aryl methyl sites for hydroxylation is 1. The Labute approximate surface area is 151 Å². The van der Waals surface area contributed by atoms with Crippen molar-refractivity contribution < 1.29 is 9.53 Å². The molecule has 0 saturated carbocycles. The van der Waals surface area contributed by atoms with Crippen LogP contribution in [-0.2, 0) is 17.8 Å². The number of nitrogens with one attached hydrogen (secondary N) is 1. The van der Waals surface area contributed by atoms with Gasteiger partial charge in [-0.2, -0.15) is 0 Å². The number of rotatable bonds is 6. The molecule has 0 atom stereocenters. The molecule has 134 valence electrons. The van der Waals surface area contributed by atoms with Crippen molar-refractivity contribution in [3.05, 3.63) is 70.3 Å². The Morgan fingerprint density at radius 2 is 2.00 bits per heavy atom. The summed E-state index contributed by atoms with van der Waals surface area (Å²) in [6.07, 6.45) is 2.08. The molecule has 1 N–H and O–H groups in total. The molecule has 2 aromatic carbocycles. The maximum absolute atomic E-state index is 12.5. The summed E-state index contributed by atoms with van der Waals surface area (Å²) in [4.78, 5) is 29.0. The van der Waals surface area contributed by atoms with Crippen LogP contribution in [0.1, 0.15) is 11.1 Å². The molecule has 3 rings (SSSR count). The van der Waals surface area contributed by atoms with Crippen LogP contribution in [0.3, 0.4) is 0 Å². The molecule has 6 nitrogen and oxygen atoms in total. The van der Waals surface area contributed by atoms with Gasteiger partial charge in [0.1, 0.15) is 12.3 Å². The van der Waals surface area contributed by atoms with Crippen molar-refractivity contribution >= 4 is 16.8 Å². The molecule has 1 aromatic heterocycles. The van der Waals surface area contributed by atoms with Crippen LogP contribution in [0.2, 0.25) is 0 Å². The first-order chi connectivity index (χ1) is 12.6. The summed E-state index contributed by atoms with van der Waals surface area (Å²) in [5, 5.41) is 3.36. The number of hydrogen-bond acceptors (Lipinski definition) is 4. The summed E-state index contributed by atoms with van der Waals surface area (Å²) in [5.41, 5.74) is 2.42. The predicted molar refractivity (Wildman–Crippen MR) is 100 cm³/mol. The van der Waals surface area contributed by atoms with Gasteiger partial charge in [-0.15, -0.1) is 0 Å². The molecule has 0 aliphatic rings. The van der Waals surface area contributed by atoms with Gasteiger partial charge in [-0.3, -0.25) is 14.2 Å². The van der Waals surface area contributed by atoms with Gasteiger partial charge in [0.15, 0.2) is 0 Å². The summed E-state index contributed by atoms with van der Waals surface area (Å²) < 4.78 is 6.63. The van der Waals surface area contributed by atoms with Crippen LogP contribution in [0.25, 0.3) is 10.9 Å². The molecule has 0 bridgehead atoms. The van der Waals surface area contributed by atoms with Crippen LogP contribution >= 0.6 is 0 Å². The number of aromatic nitrogens is 2. The van der Waals surface area contributed by atoms with E-state index in [-0.39, 0.29) is 18.0 Å². The first kappa shape index (κ1) is 17.7. The number of methoxy groups -OCH3 is 1. The summed E-state index contributed by atoms with van der Waals surface area (Å²) in [6.45, 7) is 2.32. The number of amides is 1. The Morgan fingerprint density at radius 1 is 1.19 bits per heavy atom. The molecular formula is C20H21N3O3. The average Bonchev–Trinajstić information content (AvgIpc) is 2.65. The summed E-state index contributed by atoms with van der Waals surface area (Å²) >= 11 is 0. The Balaban J connectivity index is 1.64. The van der Waals surface area contributed by atoms with Crippen LogP contribution in [0.4, 0.5) is 0 Å². The minimum atomic E-state index is -0.226. The highest BCUT2D eigenvalue weighted by Crippen LogP contribution is 2.17. The number of carbonyl (C=O) groups is 1. The summed E-state index contributed by atoms with van der Waals surface area (Å²) in [5.74, 6) is 0.572. The maximum Gasteiger partial charge on any atom is 0.261 e. The fourth-order valence-corrected chi connectivity index (χ4v) is 2.91. The third-order valence-corrected chi connectivity index (χ3v) is 4.28. The van der Waals surface area contributed by atoms with E-state index in [2.05, 4.69) is 10.3 Å². The van der Waals surface area contributed by atoms with Gasteiger partial charge >= 0.3 is 0 Å². The van der Waals surface area contributed by atoms with E-state index in [1.807, 2.05) is 43.3 Å². The predicted octanol–water partition coefficient (Wildman–Crippen LogP) is 2.07. The highest BCUT2D eigenvalue weighted by molar-refractivity contribution is 5.81. The van der Waals surface area contributed by atoms with E-state index in [9.17, 15) is 9.59 Å². The smallest absolute Gasteiger partial charge is 0.261 e. The first-order valence-electron chi connectivity index (χ1n) is 8.43. The van der Waals surface area contributed by atoms with E-state index in [0.717, 1.165) is 16.9 Å². The number of nitrogens with zero attached hydrogens (tertiary/aromatic N) is 2. The van der Waals surface area contributed by atoms with Crippen LogP contribution in [0, 0.1) is 6.92 Å². The van der Waals surface area contributed by atoms with Crippen molar-refractivity contribution in [2.24, 2.45) is 0 Å². The van der Waals surface area contributed by atoms with Gasteiger partial charge < -0.3 is 10.1 Å². The normalized spacial score (nSPS) is 10.7. The van der Waals surface area contributed by atoms with Crippen molar-refractivity contribution in [1.82, 2.24) is 14.9 Å². The van der Waals surface area contributed by atoms with Gasteiger partial charge in [0, 0.05) is 6.54 Å². The minimum absolute atomic E-state index is 0.0539. The number of fused-ring (bicyclic) bond motifs is 1. The minimum Gasteiger partial charge on any atom is -0.496 e. The second-order valence-corrected chi connectivity index (χ2v) is 6.06. The van der Waals surface area contributed by atoms with E-state index in [1.54, 1.807) is 13.2 Å². The SMILES string of the molecule is COc1ccccc1CCNC(=O)Cn1cnc2c(C)cccc2c1=O. The zero-order valence-electron chi connectivity index (χ0n) is 14.9. The van der Waals surface area contributed by atoms with Crippen molar-refractivity contribution in [3.8, 4) is 5.75 Å². The molecule has 0 spiro atoms. The molecule has 26 heavy (non-hydrogen) atoms. The maximum atomic E-state index is 12.5. The van der Waals surface area contributed by atoms with Gasteiger partial charge in [0.05, 0.1) is 24.3 Å². The molecule has 1 heterocycles. The van der Waals surface area contributed by atoms with E-state index in [0.29, 0.717) is 23.9 Å². The Morgan fingerprint density at radius 3 is 2.81 bits per heavy atom. The Bertz CT molecular complexity index is 995. The molecule has 0 fully saturated rings. The second kappa shape index (κ2) is 7.82. The number of ether oxygens (including phenoxy) is 1. The molecule has 0 radical (unpaired) electrons. The molecule has 3 aromatic rings. The zero-order chi connectivity index (χ0) is 18.5. The number of benzene rings is 2. The van der Waals surface area contributed by atoms with Gasteiger partial charge in [-0.25, -0.2) is 4.98 Å². The largest absolute Gasteiger partial charge is 0.496 e. The lowest BCUT2D eigenvalue weighted by atomic mass is 10.1. The molecule has 0 saturated heterocycles. The number of carbonyl (C=O) groups excluding carboxylic acids is 1. The summed E-state index contributed by atoms with van der Waals surface area (Å²) in [6, 6.07) is 13.1. The Kier molecular flexibility index (Phi) is 5.31. The third kappa shape index (κ3) is 3.74. The average molecular weight is 351 g/mol. The summed E-state index contributed by atoms with van der Waals surface area (Å²) in [7, 11) is 1.62. The van der Waals surface area contributed by atoms with Crippen LogP contribution < -0.4 is 15.6 Å². The van der Waals surface area contributed by atoms with Crippen molar-refractivity contribution in [2.75, 3.05) is 13.7 Å². The molecule has 0 unspecified atom stereocenters. The van der Waals surface area contributed by atoms with Crippen molar-refractivity contribution in [2.45, 2.75) is 19.9 Å². The van der Waals surface area contributed by atoms with Gasteiger partial charge in [0.25, 0.3) is 5.56 Å². The lowest BCUT2D eigenvalue weighted by Crippen LogP contribution is -2.33.